The molecule has 0 atom stereocenters. The van der Waals surface area contributed by atoms with E-state index in [-0.39, 0.29) is 48.7 Å². The Hall–Kier alpha value is -3.46. The van der Waals surface area contributed by atoms with Gasteiger partial charge in [-0.3, -0.25) is 14.4 Å². The maximum Gasteiger partial charge on any atom is 0.240 e. The zero-order chi connectivity index (χ0) is 41.8. The molecule has 2 amide bonds. The minimum Gasteiger partial charge on any atom is -0.413 e. The second-order valence-electron chi connectivity index (χ2n) is 17.3. The Morgan fingerprint density at radius 3 is 1.44 bits per heavy atom. The van der Waals surface area contributed by atoms with Crippen molar-refractivity contribution in [1.29, 1.82) is 0 Å². The molecule has 3 aromatic carbocycles. The third kappa shape index (κ3) is 14.5. The number of anilines is 2. The van der Waals surface area contributed by atoms with Crippen LogP contribution in [0.1, 0.15) is 89.4 Å². The number of nitrogens with two attached hydrogens (primary N) is 1. The molecule has 0 fully saturated rings. The molecular weight excluding hydrogens is 721 g/mol. The van der Waals surface area contributed by atoms with Crippen molar-refractivity contribution in [3.8, 4) is 0 Å². The number of benzene rings is 3. The Morgan fingerprint density at radius 1 is 0.655 bits per heavy atom. The van der Waals surface area contributed by atoms with Gasteiger partial charge in [0.2, 0.25) is 11.8 Å². The molecule has 0 heterocycles. The number of carbonyl (C=O) groups is 3. The number of amides is 2. The number of carbonyl (C=O) groups excluding carboxylic acids is 3. The number of aryl methyl sites for hydroxylation is 2. The lowest BCUT2D eigenvalue weighted by Crippen LogP contribution is -2.40. The molecule has 0 aromatic heterocycles. The summed E-state index contributed by atoms with van der Waals surface area (Å²) in [7, 11) is -0.109. The van der Waals surface area contributed by atoms with Crippen molar-refractivity contribution in [1.82, 2.24) is 5.32 Å². The maximum absolute atomic E-state index is 12.7. The number of nitrogens with one attached hydrogen (secondary N) is 1. The summed E-state index contributed by atoms with van der Waals surface area (Å²) < 4.78 is 12.7. The standard InChI is InChI=1S/C26H38N2O3Si.C18H32N2O2Si.H2/c1-8-20-14-21(19-31-32(6,7)26(2,3)4)16-23(15-20)28(5)25(30)18-27-17-24(29)22-12-10-9-11-13-22;1-8-14-9-15(13-22-23(6,7)18(2,3)4)11-16(10-14)20(5)17(21)12-19;/h9-16,27H,8,17-19H2,1-7H3;9-11H,8,12-13,19H2,1-7H3;1H. The molecule has 0 aliphatic heterocycles. The van der Waals surface area contributed by atoms with Crippen LogP contribution in [-0.4, -0.2) is 68.0 Å². The first-order chi connectivity index (χ1) is 25.5. The van der Waals surface area contributed by atoms with Gasteiger partial charge < -0.3 is 29.7 Å². The van der Waals surface area contributed by atoms with Crippen molar-refractivity contribution < 1.29 is 24.7 Å². The van der Waals surface area contributed by atoms with Gasteiger partial charge in [0.15, 0.2) is 22.4 Å². The molecule has 0 unspecified atom stereocenters. The molecule has 306 valence electrons. The van der Waals surface area contributed by atoms with E-state index in [2.05, 4.69) is 99.0 Å². The van der Waals surface area contributed by atoms with Gasteiger partial charge in [0.25, 0.3) is 0 Å². The Balaban J connectivity index is 0.000000580. The normalized spacial score (nSPS) is 12.1. The summed E-state index contributed by atoms with van der Waals surface area (Å²) in [5.41, 5.74) is 12.4. The smallest absolute Gasteiger partial charge is 0.240 e. The molecule has 55 heavy (non-hydrogen) atoms. The van der Waals surface area contributed by atoms with E-state index in [1.165, 1.54) is 11.1 Å². The van der Waals surface area contributed by atoms with Crippen LogP contribution in [0.2, 0.25) is 36.3 Å². The second-order valence-corrected chi connectivity index (χ2v) is 26.9. The molecule has 0 saturated heterocycles. The molecule has 3 N–H and O–H groups in total. The van der Waals surface area contributed by atoms with Gasteiger partial charge in [-0.15, -0.1) is 0 Å². The van der Waals surface area contributed by atoms with Crippen LogP contribution in [-0.2, 0) is 44.5 Å². The maximum atomic E-state index is 12.7. The Bertz CT molecular complexity index is 1720. The first kappa shape index (κ1) is 47.7. The molecule has 0 radical (unpaired) electrons. The van der Waals surface area contributed by atoms with Gasteiger partial charge in [0.1, 0.15) is 0 Å². The Kier molecular flexibility index (Phi) is 17.9. The van der Waals surface area contributed by atoms with E-state index in [0.717, 1.165) is 35.3 Å². The SMILES string of the molecule is CCc1cc(CO[Si](C)(C)C(C)(C)C)cc(N(C)C(=O)CN)c1.CCc1cc(CO[Si](C)(C)C(C)(C)C)cc(N(C)C(=O)CNCC(=O)c2ccccc2)c1.[HH]. The summed E-state index contributed by atoms with van der Waals surface area (Å²) in [6, 6.07) is 21.6. The fraction of sp³-hybridized carbons (Fsp3) is 0.523. The number of likely N-dealkylation sites (N-methyl/N-ethyl adjacent to an activating group) is 2. The van der Waals surface area contributed by atoms with Crippen molar-refractivity contribution in [2.45, 2.75) is 118 Å². The molecule has 0 saturated carbocycles. The summed E-state index contributed by atoms with van der Waals surface area (Å²) in [5.74, 6) is -0.205. The average molecular weight is 793 g/mol. The van der Waals surface area contributed by atoms with E-state index in [1.807, 2.05) is 42.5 Å². The van der Waals surface area contributed by atoms with Crippen LogP contribution in [0.4, 0.5) is 11.4 Å². The number of hydrogen-bond acceptors (Lipinski definition) is 7. The molecule has 3 aromatic rings. The molecule has 11 heteroatoms. The van der Waals surface area contributed by atoms with Crippen molar-refractivity contribution >= 4 is 45.6 Å². The highest BCUT2D eigenvalue weighted by Crippen LogP contribution is 2.38. The third-order valence-electron chi connectivity index (χ3n) is 11.1. The molecular formula is C44H72N4O5Si2. The number of Topliss-reactive ketones (excluding diaryl/α,β-unsaturated/α-hetero) is 1. The minimum absolute atomic E-state index is 0. The van der Waals surface area contributed by atoms with Gasteiger partial charge >= 0.3 is 0 Å². The van der Waals surface area contributed by atoms with Gasteiger partial charge in [0.05, 0.1) is 32.8 Å². The molecule has 3 rings (SSSR count). The van der Waals surface area contributed by atoms with Crippen LogP contribution < -0.4 is 20.9 Å². The number of nitrogens with zero attached hydrogens (tertiary/aromatic N) is 2. The average Bonchev–Trinajstić information content (AvgIpc) is 3.14. The number of hydrogen-bond donors (Lipinski definition) is 2. The van der Waals surface area contributed by atoms with E-state index < -0.39 is 16.6 Å². The summed E-state index contributed by atoms with van der Waals surface area (Å²) in [6.45, 7) is 28.0. The summed E-state index contributed by atoms with van der Waals surface area (Å²) in [4.78, 5) is 40.1. The molecule has 0 aliphatic carbocycles. The predicted octanol–water partition coefficient (Wildman–Crippen LogP) is 9.14. The fourth-order valence-electron chi connectivity index (χ4n) is 4.96. The fourth-order valence-corrected chi connectivity index (χ4v) is 6.88. The Morgan fingerprint density at radius 2 is 1.05 bits per heavy atom. The minimum atomic E-state index is -1.86. The zero-order valence-corrected chi connectivity index (χ0v) is 38.3. The largest absolute Gasteiger partial charge is 0.413 e. The number of rotatable bonds is 16. The van der Waals surface area contributed by atoms with Crippen LogP contribution in [0, 0.1) is 0 Å². The van der Waals surface area contributed by atoms with Crippen LogP contribution in [0.3, 0.4) is 0 Å². The van der Waals surface area contributed by atoms with E-state index in [0.29, 0.717) is 18.8 Å². The lowest BCUT2D eigenvalue weighted by atomic mass is 10.1. The summed E-state index contributed by atoms with van der Waals surface area (Å²) in [6.07, 6.45) is 1.80. The van der Waals surface area contributed by atoms with Crippen molar-refractivity contribution in [3.63, 3.8) is 0 Å². The van der Waals surface area contributed by atoms with Crippen LogP contribution in [0.5, 0.6) is 0 Å². The van der Waals surface area contributed by atoms with Crippen molar-refractivity contribution in [3.05, 3.63) is 94.5 Å². The molecule has 0 bridgehead atoms. The Labute approximate surface area is 336 Å². The monoisotopic (exact) mass is 793 g/mol. The highest BCUT2D eigenvalue weighted by molar-refractivity contribution is 6.74. The highest BCUT2D eigenvalue weighted by Gasteiger charge is 2.38. The van der Waals surface area contributed by atoms with Gasteiger partial charge in [-0.1, -0.05) is 97.9 Å². The van der Waals surface area contributed by atoms with Gasteiger partial charge in [0, 0.05) is 32.5 Å². The van der Waals surface area contributed by atoms with Gasteiger partial charge in [-0.05, 0) is 95.6 Å². The van der Waals surface area contributed by atoms with Crippen molar-refractivity contribution in [2.75, 3.05) is 43.5 Å². The first-order valence-corrected chi connectivity index (χ1v) is 25.3. The lowest BCUT2D eigenvalue weighted by Gasteiger charge is -2.36. The number of ketones is 1. The van der Waals surface area contributed by atoms with E-state index in [1.54, 1.807) is 36.0 Å². The van der Waals surface area contributed by atoms with Crippen LogP contribution in [0.15, 0.2) is 66.7 Å². The van der Waals surface area contributed by atoms with E-state index in [4.69, 9.17) is 14.6 Å². The topological polar surface area (TPSA) is 114 Å². The quantitative estimate of drug-likeness (QED) is 0.110. The first-order valence-electron chi connectivity index (χ1n) is 19.5. The van der Waals surface area contributed by atoms with E-state index in [9.17, 15) is 14.4 Å². The van der Waals surface area contributed by atoms with Gasteiger partial charge in [-0.2, -0.15) is 0 Å². The van der Waals surface area contributed by atoms with Gasteiger partial charge in [-0.25, -0.2) is 0 Å². The molecule has 0 spiro atoms. The highest BCUT2D eigenvalue weighted by atomic mass is 28.4. The van der Waals surface area contributed by atoms with Crippen molar-refractivity contribution in [2.24, 2.45) is 5.73 Å². The van der Waals surface area contributed by atoms with Crippen LogP contribution >= 0.6 is 0 Å². The second kappa shape index (κ2) is 20.6. The van der Waals surface area contributed by atoms with Crippen LogP contribution in [0.25, 0.3) is 0 Å². The summed E-state index contributed by atoms with van der Waals surface area (Å²) in [5, 5.41) is 3.31. The lowest BCUT2D eigenvalue weighted by molar-refractivity contribution is -0.118. The predicted molar refractivity (Wildman–Crippen MR) is 237 cm³/mol. The molecule has 0 aliphatic rings. The zero-order valence-electron chi connectivity index (χ0n) is 36.3. The van der Waals surface area contributed by atoms with E-state index >= 15 is 0 Å². The summed E-state index contributed by atoms with van der Waals surface area (Å²) >= 11 is 0. The molecule has 9 nitrogen and oxygen atoms in total. The third-order valence-corrected chi connectivity index (χ3v) is 20.0.